The number of rotatable bonds is 2. The first-order valence-corrected chi connectivity index (χ1v) is 5.54. The van der Waals surface area contributed by atoms with Gasteiger partial charge in [-0.25, -0.2) is 4.79 Å². The molecular formula is C8H8BrNO2S. The molecule has 1 aromatic rings. The first-order chi connectivity index (χ1) is 6.16. The van der Waals surface area contributed by atoms with Crippen molar-refractivity contribution in [1.82, 2.24) is 0 Å². The van der Waals surface area contributed by atoms with E-state index in [-0.39, 0.29) is 6.10 Å². The molecule has 1 amide bonds. The second kappa shape index (κ2) is 3.31. The van der Waals surface area contributed by atoms with Gasteiger partial charge in [0.05, 0.1) is 0 Å². The molecule has 2 rings (SSSR count). The standard InChI is InChI=1S/C8H8BrNO2S/c9-4-1-7(13-3-4)5-2-6(5)12-8(10)11/h1,3,5-6H,2H2,(H2,10,11). The quantitative estimate of drug-likeness (QED) is 0.890. The summed E-state index contributed by atoms with van der Waals surface area (Å²) in [7, 11) is 0. The van der Waals surface area contributed by atoms with Crippen molar-refractivity contribution in [2.75, 3.05) is 0 Å². The summed E-state index contributed by atoms with van der Waals surface area (Å²) in [5.74, 6) is 0.365. The zero-order valence-corrected chi connectivity index (χ0v) is 9.10. The zero-order valence-electron chi connectivity index (χ0n) is 6.70. The lowest BCUT2D eigenvalue weighted by Gasteiger charge is -1.97. The number of thiophene rings is 1. The van der Waals surface area contributed by atoms with Crippen LogP contribution in [0.3, 0.4) is 0 Å². The van der Waals surface area contributed by atoms with Crippen molar-refractivity contribution in [3.05, 3.63) is 20.8 Å². The van der Waals surface area contributed by atoms with Gasteiger partial charge in [-0.3, -0.25) is 0 Å². The average molecular weight is 262 g/mol. The normalized spacial score (nSPS) is 25.6. The van der Waals surface area contributed by atoms with Crippen molar-refractivity contribution in [2.24, 2.45) is 5.73 Å². The maximum Gasteiger partial charge on any atom is 0.404 e. The van der Waals surface area contributed by atoms with Crippen LogP contribution >= 0.6 is 27.3 Å². The SMILES string of the molecule is NC(=O)OC1CC1c1cc(Br)cs1. The van der Waals surface area contributed by atoms with E-state index in [1.807, 2.05) is 5.38 Å². The molecule has 3 nitrogen and oxygen atoms in total. The summed E-state index contributed by atoms with van der Waals surface area (Å²) in [6, 6.07) is 2.06. The van der Waals surface area contributed by atoms with E-state index in [0.717, 1.165) is 10.9 Å². The van der Waals surface area contributed by atoms with Gasteiger partial charge in [0.15, 0.2) is 0 Å². The maximum atomic E-state index is 10.4. The van der Waals surface area contributed by atoms with Crippen LogP contribution in [0.4, 0.5) is 4.79 Å². The number of carbonyl (C=O) groups is 1. The molecule has 0 saturated heterocycles. The highest BCUT2D eigenvalue weighted by molar-refractivity contribution is 9.10. The van der Waals surface area contributed by atoms with Gasteiger partial charge in [-0.2, -0.15) is 0 Å². The first kappa shape index (κ1) is 9.02. The Morgan fingerprint density at radius 3 is 3.08 bits per heavy atom. The summed E-state index contributed by atoms with van der Waals surface area (Å²) in [5, 5.41) is 2.02. The van der Waals surface area contributed by atoms with Gasteiger partial charge in [0.25, 0.3) is 0 Å². The molecule has 1 aliphatic carbocycles. The highest BCUT2D eigenvalue weighted by Crippen LogP contribution is 2.46. The van der Waals surface area contributed by atoms with E-state index in [1.54, 1.807) is 11.3 Å². The van der Waals surface area contributed by atoms with Crippen LogP contribution in [0.2, 0.25) is 0 Å². The van der Waals surface area contributed by atoms with Crippen molar-refractivity contribution >= 4 is 33.4 Å². The number of carbonyl (C=O) groups excluding carboxylic acids is 1. The Kier molecular flexibility index (Phi) is 2.29. The van der Waals surface area contributed by atoms with Crippen LogP contribution in [0, 0.1) is 0 Å². The van der Waals surface area contributed by atoms with Gasteiger partial charge in [0.2, 0.25) is 0 Å². The molecular weight excluding hydrogens is 254 g/mol. The molecule has 2 N–H and O–H groups in total. The van der Waals surface area contributed by atoms with Gasteiger partial charge in [0, 0.05) is 20.6 Å². The monoisotopic (exact) mass is 261 g/mol. The Morgan fingerprint density at radius 2 is 2.54 bits per heavy atom. The minimum Gasteiger partial charge on any atom is -0.446 e. The van der Waals surface area contributed by atoms with Crippen LogP contribution in [-0.4, -0.2) is 12.2 Å². The lowest BCUT2D eigenvalue weighted by atomic mass is 10.3. The molecule has 1 saturated carbocycles. The summed E-state index contributed by atoms with van der Waals surface area (Å²) < 4.78 is 5.95. The zero-order chi connectivity index (χ0) is 9.42. The number of halogens is 1. The van der Waals surface area contributed by atoms with Gasteiger partial charge in [0.1, 0.15) is 6.10 Å². The van der Waals surface area contributed by atoms with Gasteiger partial charge in [-0.05, 0) is 28.4 Å². The Morgan fingerprint density at radius 1 is 1.77 bits per heavy atom. The topological polar surface area (TPSA) is 52.3 Å². The molecule has 2 unspecified atom stereocenters. The van der Waals surface area contributed by atoms with E-state index in [9.17, 15) is 4.79 Å². The average Bonchev–Trinajstić information content (AvgIpc) is 2.63. The Bertz CT molecular complexity index is 339. The number of amides is 1. The van der Waals surface area contributed by atoms with Crippen LogP contribution in [-0.2, 0) is 4.74 Å². The Labute approximate surface area is 88.0 Å². The smallest absolute Gasteiger partial charge is 0.404 e. The number of nitrogens with two attached hydrogens (primary N) is 1. The van der Waals surface area contributed by atoms with Gasteiger partial charge in [-0.1, -0.05) is 0 Å². The second-order valence-corrected chi connectivity index (χ2v) is 4.84. The number of ether oxygens (including phenoxy) is 1. The molecule has 1 fully saturated rings. The molecule has 0 radical (unpaired) electrons. The van der Waals surface area contributed by atoms with Crippen molar-refractivity contribution < 1.29 is 9.53 Å². The fraction of sp³-hybridized carbons (Fsp3) is 0.375. The molecule has 1 aromatic heterocycles. The summed E-state index contributed by atoms with van der Waals surface area (Å²) in [6.45, 7) is 0. The Hall–Kier alpha value is -0.550. The molecule has 0 bridgehead atoms. The van der Waals surface area contributed by atoms with Crippen LogP contribution in [0.1, 0.15) is 17.2 Å². The number of primary amides is 1. The molecule has 70 valence electrons. The number of hydrogen-bond donors (Lipinski definition) is 1. The molecule has 0 aliphatic heterocycles. The predicted octanol–water partition coefficient (Wildman–Crippen LogP) is 2.46. The van der Waals surface area contributed by atoms with Crippen molar-refractivity contribution in [3.8, 4) is 0 Å². The van der Waals surface area contributed by atoms with Crippen molar-refractivity contribution in [2.45, 2.75) is 18.4 Å². The summed E-state index contributed by atoms with van der Waals surface area (Å²) in [6.07, 6.45) is 0.224. The van der Waals surface area contributed by atoms with E-state index in [2.05, 4.69) is 22.0 Å². The molecule has 0 aromatic carbocycles. The lowest BCUT2D eigenvalue weighted by molar-refractivity contribution is 0.147. The summed E-state index contributed by atoms with van der Waals surface area (Å²) >= 11 is 5.05. The van der Waals surface area contributed by atoms with Gasteiger partial charge in [-0.15, -0.1) is 11.3 Å². The van der Waals surface area contributed by atoms with E-state index < -0.39 is 6.09 Å². The van der Waals surface area contributed by atoms with Gasteiger partial charge >= 0.3 is 6.09 Å². The lowest BCUT2D eigenvalue weighted by Crippen LogP contribution is -2.14. The molecule has 13 heavy (non-hydrogen) atoms. The molecule has 1 aliphatic rings. The third-order valence-electron chi connectivity index (χ3n) is 1.95. The summed E-state index contributed by atoms with van der Waals surface area (Å²) in [4.78, 5) is 11.7. The molecule has 5 heteroatoms. The van der Waals surface area contributed by atoms with Crippen LogP contribution in [0.15, 0.2) is 15.9 Å². The fourth-order valence-electron chi connectivity index (χ4n) is 1.27. The fourth-order valence-corrected chi connectivity index (χ4v) is 2.89. The van der Waals surface area contributed by atoms with Crippen LogP contribution in [0.5, 0.6) is 0 Å². The molecule has 2 atom stereocenters. The van der Waals surface area contributed by atoms with Gasteiger partial charge < -0.3 is 10.5 Å². The summed E-state index contributed by atoms with van der Waals surface area (Å²) in [5.41, 5.74) is 4.91. The highest BCUT2D eigenvalue weighted by atomic mass is 79.9. The largest absolute Gasteiger partial charge is 0.446 e. The number of hydrogen-bond acceptors (Lipinski definition) is 3. The third kappa shape index (κ3) is 2.03. The molecule has 0 spiro atoms. The minimum atomic E-state index is -0.678. The van der Waals surface area contributed by atoms with E-state index in [4.69, 9.17) is 10.5 Å². The first-order valence-electron chi connectivity index (χ1n) is 3.87. The van der Waals surface area contributed by atoms with Crippen molar-refractivity contribution in [3.63, 3.8) is 0 Å². The van der Waals surface area contributed by atoms with Crippen molar-refractivity contribution in [1.29, 1.82) is 0 Å². The van der Waals surface area contributed by atoms with Crippen LogP contribution in [0.25, 0.3) is 0 Å². The van der Waals surface area contributed by atoms with Crippen LogP contribution < -0.4 is 5.73 Å². The molecule has 1 heterocycles. The minimum absolute atomic E-state index is 0.00282. The Balaban J connectivity index is 1.96. The third-order valence-corrected chi connectivity index (χ3v) is 3.78. The van der Waals surface area contributed by atoms with E-state index in [1.165, 1.54) is 4.88 Å². The maximum absolute atomic E-state index is 10.4. The van der Waals surface area contributed by atoms with E-state index >= 15 is 0 Å². The van der Waals surface area contributed by atoms with E-state index in [0.29, 0.717) is 5.92 Å². The highest BCUT2D eigenvalue weighted by Gasteiger charge is 2.42. The predicted molar refractivity (Wildman–Crippen MR) is 53.8 cm³/mol. The second-order valence-electron chi connectivity index (χ2n) is 2.98.